The van der Waals surface area contributed by atoms with E-state index in [9.17, 15) is 0 Å². The number of ether oxygens (including phenoxy) is 3. The standard InChI is InChI=1S/C12H26O5/c1-3-15-7-5-11(9-13)17-12(10-14)6-8-16-4-2/h11-14H,3-10H2,1-2H3. The molecule has 5 heteroatoms. The molecule has 0 aromatic heterocycles. The smallest absolute Gasteiger partial charge is 0.0832 e. The first-order valence-electron chi connectivity index (χ1n) is 6.31. The fourth-order valence-electron chi connectivity index (χ4n) is 1.40. The van der Waals surface area contributed by atoms with E-state index >= 15 is 0 Å². The van der Waals surface area contributed by atoms with Crippen molar-refractivity contribution in [2.24, 2.45) is 0 Å². The van der Waals surface area contributed by atoms with Crippen molar-refractivity contribution in [2.45, 2.75) is 38.9 Å². The fraction of sp³-hybridized carbons (Fsp3) is 1.00. The SMILES string of the molecule is CCOCCC(CO)OC(CO)CCOCC. The predicted molar refractivity (Wildman–Crippen MR) is 65.1 cm³/mol. The van der Waals surface area contributed by atoms with Crippen LogP contribution < -0.4 is 0 Å². The summed E-state index contributed by atoms with van der Waals surface area (Å²) in [4.78, 5) is 0. The Morgan fingerprint density at radius 2 is 1.24 bits per heavy atom. The van der Waals surface area contributed by atoms with Crippen molar-refractivity contribution in [3.8, 4) is 0 Å². The molecule has 0 rings (SSSR count). The first-order chi connectivity index (χ1) is 8.28. The second-order valence-corrected chi connectivity index (χ2v) is 3.72. The Labute approximate surface area is 104 Å². The lowest BCUT2D eigenvalue weighted by Gasteiger charge is -2.22. The van der Waals surface area contributed by atoms with E-state index in [0.29, 0.717) is 39.3 Å². The van der Waals surface area contributed by atoms with Gasteiger partial charge < -0.3 is 24.4 Å². The Bertz CT molecular complexity index is 138. The quantitative estimate of drug-likeness (QED) is 0.496. The minimum absolute atomic E-state index is 0.0573. The summed E-state index contributed by atoms with van der Waals surface area (Å²) in [5, 5.41) is 18.3. The van der Waals surface area contributed by atoms with Gasteiger partial charge in [-0.3, -0.25) is 0 Å². The van der Waals surface area contributed by atoms with Crippen molar-refractivity contribution < 1.29 is 24.4 Å². The van der Waals surface area contributed by atoms with Gasteiger partial charge in [0.1, 0.15) is 0 Å². The van der Waals surface area contributed by atoms with Crippen LogP contribution in [0.1, 0.15) is 26.7 Å². The first kappa shape index (κ1) is 16.8. The van der Waals surface area contributed by atoms with Crippen LogP contribution in [0.5, 0.6) is 0 Å². The molecule has 0 fully saturated rings. The average molecular weight is 250 g/mol. The number of hydrogen-bond acceptors (Lipinski definition) is 5. The molecule has 0 aromatic rings. The molecular formula is C12H26O5. The summed E-state index contributed by atoms with van der Waals surface area (Å²) in [6.07, 6.45) is 0.714. The maximum Gasteiger partial charge on any atom is 0.0832 e. The lowest BCUT2D eigenvalue weighted by Crippen LogP contribution is -2.30. The summed E-state index contributed by atoms with van der Waals surface area (Å²) in [7, 11) is 0. The number of aliphatic hydroxyl groups excluding tert-OH is 2. The summed E-state index contributed by atoms with van der Waals surface area (Å²) in [6.45, 7) is 6.17. The van der Waals surface area contributed by atoms with Crippen molar-refractivity contribution in [1.29, 1.82) is 0 Å². The van der Waals surface area contributed by atoms with Gasteiger partial charge in [-0.1, -0.05) is 0 Å². The molecule has 0 radical (unpaired) electrons. The van der Waals surface area contributed by atoms with Crippen LogP contribution in [0.15, 0.2) is 0 Å². The zero-order valence-corrected chi connectivity index (χ0v) is 10.9. The minimum atomic E-state index is -0.277. The van der Waals surface area contributed by atoms with E-state index in [4.69, 9.17) is 24.4 Å². The fourth-order valence-corrected chi connectivity index (χ4v) is 1.40. The summed E-state index contributed by atoms with van der Waals surface area (Å²) < 4.78 is 16.0. The van der Waals surface area contributed by atoms with E-state index in [1.807, 2.05) is 13.8 Å². The van der Waals surface area contributed by atoms with Gasteiger partial charge in [0, 0.05) is 26.4 Å². The van der Waals surface area contributed by atoms with Crippen molar-refractivity contribution in [1.82, 2.24) is 0 Å². The van der Waals surface area contributed by atoms with Gasteiger partial charge in [-0.2, -0.15) is 0 Å². The van der Waals surface area contributed by atoms with E-state index in [0.717, 1.165) is 0 Å². The highest BCUT2D eigenvalue weighted by atomic mass is 16.5. The van der Waals surface area contributed by atoms with Crippen LogP contribution in [0, 0.1) is 0 Å². The largest absolute Gasteiger partial charge is 0.394 e. The molecular weight excluding hydrogens is 224 g/mol. The van der Waals surface area contributed by atoms with Gasteiger partial charge in [-0.05, 0) is 26.7 Å². The van der Waals surface area contributed by atoms with Gasteiger partial charge in [0.25, 0.3) is 0 Å². The van der Waals surface area contributed by atoms with Crippen molar-refractivity contribution >= 4 is 0 Å². The van der Waals surface area contributed by atoms with E-state index in [1.54, 1.807) is 0 Å². The zero-order chi connectivity index (χ0) is 12.9. The van der Waals surface area contributed by atoms with Gasteiger partial charge in [0.15, 0.2) is 0 Å². The highest BCUT2D eigenvalue weighted by Crippen LogP contribution is 2.06. The van der Waals surface area contributed by atoms with Crippen molar-refractivity contribution in [3.05, 3.63) is 0 Å². The molecule has 0 aliphatic carbocycles. The molecule has 2 atom stereocenters. The molecule has 0 bridgehead atoms. The van der Waals surface area contributed by atoms with Crippen LogP contribution in [-0.2, 0) is 14.2 Å². The Hall–Kier alpha value is -0.200. The Balaban J connectivity index is 3.77. The molecule has 2 N–H and O–H groups in total. The molecule has 0 saturated carbocycles. The minimum Gasteiger partial charge on any atom is -0.394 e. The summed E-state index contributed by atoms with van der Waals surface area (Å²) in [6, 6.07) is 0. The lowest BCUT2D eigenvalue weighted by molar-refractivity contribution is -0.0805. The van der Waals surface area contributed by atoms with Crippen molar-refractivity contribution in [2.75, 3.05) is 39.6 Å². The Kier molecular flexibility index (Phi) is 12.1. The number of aliphatic hydroxyl groups is 2. The van der Waals surface area contributed by atoms with E-state index in [2.05, 4.69) is 0 Å². The molecule has 104 valence electrons. The van der Waals surface area contributed by atoms with Gasteiger partial charge >= 0.3 is 0 Å². The summed E-state index contributed by atoms with van der Waals surface area (Å²) >= 11 is 0. The maximum atomic E-state index is 9.15. The molecule has 0 heterocycles. The highest BCUT2D eigenvalue weighted by Gasteiger charge is 2.15. The molecule has 0 aliphatic heterocycles. The lowest BCUT2D eigenvalue weighted by atomic mass is 10.2. The first-order valence-corrected chi connectivity index (χ1v) is 6.31. The number of rotatable bonds is 12. The second kappa shape index (κ2) is 12.3. The van der Waals surface area contributed by atoms with Gasteiger partial charge in [-0.15, -0.1) is 0 Å². The molecule has 5 nitrogen and oxygen atoms in total. The Morgan fingerprint density at radius 3 is 1.53 bits per heavy atom. The predicted octanol–water partition coefficient (Wildman–Crippen LogP) is 0.578. The van der Waals surface area contributed by atoms with Crippen LogP contribution in [0.2, 0.25) is 0 Å². The summed E-state index contributed by atoms with van der Waals surface area (Å²) in [5.41, 5.74) is 0. The van der Waals surface area contributed by atoms with E-state index < -0.39 is 0 Å². The maximum absolute atomic E-state index is 9.15. The van der Waals surface area contributed by atoms with Crippen LogP contribution in [0.25, 0.3) is 0 Å². The van der Waals surface area contributed by atoms with E-state index in [-0.39, 0.29) is 25.4 Å². The topological polar surface area (TPSA) is 68.2 Å². The molecule has 0 spiro atoms. The Morgan fingerprint density at radius 1 is 0.824 bits per heavy atom. The van der Waals surface area contributed by atoms with Gasteiger partial charge in [0.05, 0.1) is 25.4 Å². The molecule has 0 aromatic carbocycles. The normalized spacial score (nSPS) is 14.8. The number of hydrogen-bond donors (Lipinski definition) is 2. The highest BCUT2D eigenvalue weighted by molar-refractivity contribution is 4.62. The molecule has 0 saturated heterocycles. The van der Waals surface area contributed by atoms with Gasteiger partial charge in [-0.25, -0.2) is 0 Å². The summed E-state index contributed by atoms with van der Waals surface area (Å²) in [5.74, 6) is 0. The second-order valence-electron chi connectivity index (χ2n) is 3.72. The zero-order valence-electron chi connectivity index (χ0n) is 10.9. The average Bonchev–Trinajstić information content (AvgIpc) is 2.36. The molecule has 0 aliphatic rings. The monoisotopic (exact) mass is 250 g/mol. The van der Waals surface area contributed by atoms with Gasteiger partial charge in [0.2, 0.25) is 0 Å². The van der Waals surface area contributed by atoms with Crippen LogP contribution in [0.3, 0.4) is 0 Å². The molecule has 0 amide bonds. The van der Waals surface area contributed by atoms with Crippen molar-refractivity contribution in [3.63, 3.8) is 0 Å². The molecule has 17 heavy (non-hydrogen) atoms. The van der Waals surface area contributed by atoms with Crippen LogP contribution in [0.4, 0.5) is 0 Å². The third-order valence-electron chi connectivity index (χ3n) is 2.37. The third kappa shape index (κ3) is 9.50. The van der Waals surface area contributed by atoms with E-state index in [1.165, 1.54) is 0 Å². The third-order valence-corrected chi connectivity index (χ3v) is 2.37. The molecule has 2 unspecified atom stereocenters. The van der Waals surface area contributed by atoms with Crippen LogP contribution in [-0.4, -0.2) is 62.1 Å². The van der Waals surface area contributed by atoms with Crippen LogP contribution >= 0.6 is 0 Å².